The molecule has 6 heteroatoms. The van der Waals surface area contributed by atoms with Gasteiger partial charge < -0.3 is 19.7 Å². The highest BCUT2D eigenvalue weighted by Crippen LogP contribution is 2.33. The number of rotatable bonds is 5. The fraction of sp³-hybridized carbons (Fsp3) is 0.650. The summed E-state index contributed by atoms with van der Waals surface area (Å²) in [5.41, 5.74) is 1.50. The molecule has 0 bridgehead atoms. The Bertz CT molecular complexity index is 629. The molecule has 1 aliphatic heterocycles. The van der Waals surface area contributed by atoms with Gasteiger partial charge in [0.2, 0.25) is 0 Å². The number of hydrogen-bond donors (Lipinski definition) is 1. The zero-order chi connectivity index (χ0) is 18.7. The lowest BCUT2D eigenvalue weighted by molar-refractivity contribution is 0.352. The van der Waals surface area contributed by atoms with Crippen molar-refractivity contribution in [3.05, 3.63) is 23.8 Å². The summed E-state index contributed by atoms with van der Waals surface area (Å²) >= 11 is 0. The van der Waals surface area contributed by atoms with Gasteiger partial charge in [-0.1, -0.05) is 33.8 Å². The molecule has 2 rings (SSSR count). The predicted molar refractivity (Wildman–Crippen MR) is 119 cm³/mol. The number of hydrogen-bond acceptors (Lipinski definition) is 3. The van der Waals surface area contributed by atoms with Crippen LogP contribution < -0.4 is 14.8 Å². The van der Waals surface area contributed by atoms with E-state index >= 15 is 0 Å². The number of ether oxygens (including phenoxy) is 2. The van der Waals surface area contributed by atoms with Gasteiger partial charge in [0.05, 0.1) is 14.2 Å². The first-order valence-electron chi connectivity index (χ1n) is 8.90. The van der Waals surface area contributed by atoms with Gasteiger partial charge in [-0.05, 0) is 29.5 Å². The second-order valence-electron chi connectivity index (χ2n) is 8.19. The average molecular weight is 475 g/mol. The number of guanidine groups is 1. The summed E-state index contributed by atoms with van der Waals surface area (Å²) in [5, 5.41) is 3.56. The molecule has 1 heterocycles. The molecule has 1 saturated heterocycles. The van der Waals surface area contributed by atoms with Crippen LogP contribution >= 0.6 is 24.0 Å². The number of benzene rings is 1. The van der Waals surface area contributed by atoms with E-state index in [-0.39, 0.29) is 29.4 Å². The molecular formula is C20H34IN3O2. The molecule has 5 nitrogen and oxygen atoms in total. The van der Waals surface area contributed by atoms with Crippen LogP contribution in [0.3, 0.4) is 0 Å². The van der Waals surface area contributed by atoms with Crippen molar-refractivity contribution >= 4 is 29.9 Å². The summed E-state index contributed by atoms with van der Waals surface area (Å²) in [5.74, 6) is 2.50. The molecule has 0 amide bonds. The van der Waals surface area contributed by atoms with Crippen LogP contribution in [0.15, 0.2) is 23.2 Å². The van der Waals surface area contributed by atoms with E-state index in [1.54, 1.807) is 14.2 Å². The van der Waals surface area contributed by atoms with Crippen molar-refractivity contribution in [2.45, 2.75) is 39.5 Å². The Morgan fingerprint density at radius 2 is 1.88 bits per heavy atom. The maximum Gasteiger partial charge on any atom is 0.193 e. The van der Waals surface area contributed by atoms with Crippen LogP contribution in [-0.2, 0) is 5.41 Å². The summed E-state index contributed by atoms with van der Waals surface area (Å²) in [6.07, 6.45) is 1.20. The lowest BCUT2D eigenvalue weighted by atomic mass is 9.84. The zero-order valence-electron chi connectivity index (χ0n) is 17.2. The van der Waals surface area contributed by atoms with Crippen molar-refractivity contribution in [1.29, 1.82) is 0 Å². The van der Waals surface area contributed by atoms with E-state index in [9.17, 15) is 0 Å². The van der Waals surface area contributed by atoms with Gasteiger partial charge in [-0.3, -0.25) is 4.99 Å². The first-order chi connectivity index (χ1) is 11.7. The molecule has 0 radical (unpaired) electrons. The molecule has 0 atom stereocenters. The molecular weight excluding hydrogens is 441 g/mol. The fourth-order valence-corrected chi connectivity index (χ4v) is 3.28. The molecule has 0 saturated carbocycles. The van der Waals surface area contributed by atoms with Crippen molar-refractivity contribution in [3.8, 4) is 11.5 Å². The van der Waals surface area contributed by atoms with Gasteiger partial charge in [0, 0.05) is 32.1 Å². The highest BCUT2D eigenvalue weighted by molar-refractivity contribution is 14.0. The topological polar surface area (TPSA) is 46.1 Å². The number of likely N-dealkylation sites (tertiary alicyclic amines) is 1. The third-order valence-corrected chi connectivity index (χ3v) is 5.04. The third-order valence-electron chi connectivity index (χ3n) is 5.04. The Labute approximate surface area is 175 Å². The minimum Gasteiger partial charge on any atom is -0.493 e. The van der Waals surface area contributed by atoms with E-state index in [2.05, 4.69) is 55.0 Å². The van der Waals surface area contributed by atoms with Crippen molar-refractivity contribution < 1.29 is 9.47 Å². The van der Waals surface area contributed by atoms with Crippen LogP contribution in [0.2, 0.25) is 0 Å². The van der Waals surface area contributed by atoms with Gasteiger partial charge in [0.1, 0.15) is 0 Å². The number of aliphatic imine (C=N–C) groups is 1. The van der Waals surface area contributed by atoms with Crippen LogP contribution in [0.25, 0.3) is 0 Å². The van der Waals surface area contributed by atoms with Gasteiger partial charge in [0.15, 0.2) is 17.5 Å². The quantitative estimate of drug-likeness (QED) is 0.399. The maximum absolute atomic E-state index is 5.45. The second-order valence-corrected chi connectivity index (χ2v) is 8.19. The fourth-order valence-electron chi connectivity index (χ4n) is 3.28. The standard InChI is InChI=1S/C20H33N3O2.HI/c1-19(2)10-11-23(14-19)18(21-5)22-13-20(3,4)15-8-9-16(24-6)17(12-15)25-7;/h8-9,12H,10-11,13-14H2,1-7H3,(H,21,22);1H. The summed E-state index contributed by atoms with van der Waals surface area (Å²) in [7, 11) is 5.19. The second kappa shape index (κ2) is 9.15. The van der Waals surface area contributed by atoms with Crippen molar-refractivity contribution in [3.63, 3.8) is 0 Å². The van der Waals surface area contributed by atoms with E-state index in [4.69, 9.17) is 9.47 Å². The van der Waals surface area contributed by atoms with E-state index in [0.29, 0.717) is 5.41 Å². The summed E-state index contributed by atoms with van der Waals surface area (Å²) < 4.78 is 10.8. The molecule has 148 valence electrons. The van der Waals surface area contributed by atoms with Gasteiger partial charge >= 0.3 is 0 Å². The van der Waals surface area contributed by atoms with E-state index in [1.807, 2.05) is 13.1 Å². The minimum absolute atomic E-state index is 0. The number of halogens is 1. The van der Waals surface area contributed by atoms with E-state index in [0.717, 1.165) is 37.1 Å². The Balaban J connectivity index is 0.00000338. The van der Waals surface area contributed by atoms with Crippen LogP contribution in [0.5, 0.6) is 11.5 Å². The third kappa shape index (κ3) is 5.41. The van der Waals surface area contributed by atoms with Crippen LogP contribution in [0, 0.1) is 5.41 Å². The predicted octanol–water partition coefficient (Wildman–Crippen LogP) is 3.91. The molecule has 1 aromatic carbocycles. The van der Waals surface area contributed by atoms with Gasteiger partial charge in [-0.15, -0.1) is 24.0 Å². The van der Waals surface area contributed by atoms with Crippen LogP contribution in [0.1, 0.15) is 39.7 Å². The molecule has 0 unspecified atom stereocenters. The Kier molecular flexibility index (Phi) is 8.04. The number of methoxy groups -OCH3 is 2. The summed E-state index contributed by atoms with van der Waals surface area (Å²) in [6, 6.07) is 6.13. The molecule has 1 aliphatic rings. The van der Waals surface area contributed by atoms with Crippen LogP contribution in [0.4, 0.5) is 0 Å². The molecule has 1 N–H and O–H groups in total. The smallest absolute Gasteiger partial charge is 0.193 e. The molecule has 0 aromatic heterocycles. The minimum atomic E-state index is -0.0647. The first-order valence-corrected chi connectivity index (χ1v) is 8.90. The van der Waals surface area contributed by atoms with Gasteiger partial charge in [-0.25, -0.2) is 0 Å². The lowest BCUT2D eigenvalue weighted by Gasteiger charge is -2.30. The highest BCUT2D eigenvalue weighted by atomic mass is 127. The molecule has 1 aromatic rings. The summed E-state index contributed by atoms with van der Waals surface area (Å²) in [4.78, 5) is 6.83. The zero-order valence-corrected chi connectivity index (χ0v) is 19.5. The molecule has 0 spiro atoms. The van der Waals surface area contributed by atoms with Gasteiger partial charge in [-0.2, -0.15) is 0 Å². The van der Waals surface area contributed by atoms with E-state index in [1.165, 1.54) is 12.0 Å². The first kappa shape index (κ1) is 22.9. The molecule has 1 fully saturated rings. The Morgan fingerprint density at radius 1 is 1.23 bits per heavy atom. The Hall–Kier alpha value is -1.18. The van der Waals surface area contributed by atoms with Crippen LogP contribution in [-0.4, -0.2) is 51.8 Å². The monoisotopic (exact) mass is 475 g/mol. The van der Waals surface area contributed by atoms with Crippen molar-refractivity contribution in [2.24, 2.45) is 10.4 Å². The number of nitrogens with zero attached hydrogens (tertiary/aromatic N) is 2. The average Bonchev–Trinajstić information content (AvgIpc) is 2.94. The molecule has 26 heavy (non-hydrogen) atoms. The lowest BCUT2D eigenvalue weighted by Crippen LogP contribution is -2.45. The van der Waals surface area contributed by atoms with E-state index < -0.39 is 0 Å². The number of nitrogens with one attached hydrogen (secondary N) is 1. The summed E-state index contributed by atoms with van der Waals surface area (Å²) in [6.45, 7) is 12.0. The molecule has 0 aliphatic carbocycles. The normalized spacial score (nSPS) is 16.9. The Morgan fingerprint density at radius 3 is 2.38 bits per heavy atom. The maximum atomic E-state index is 5.45. The highest BCUT2D eigenvalue weighted by Gasteiger charge is 2.31. The van der Waals surface area contributed by atoms with Gasteiger partial charge in [0.25, 0.3) is 0 Å². The largest absolute Gasteiger partial charge is 0.493 e. The van der Waals surface area contributed by atoms with Crippen molar-refractivity contribution in [2.75, 3.05) is 40.9 Å². The SMILES string of the molecule is CN=C(NCC(C)(C)c1ccc(OC)c(OC)c1)N1CCC(C)(C)C1.I. The van der Waals surface area contributed by atoms with Crippen molar-refractivity contribution in [1.82, 2.24) is 10.2 Å².